The summed E-state index contributed by atoms with van der Waals surface area (Å²) in [5.74, 6) is -0.0133. The molecule has 0 atom stereocenters. The van der Waals surface area contributed by atoms with E-state index in [1.807, 2.05) is 50.2 Å². The lowest BCUT2D eigenvalue weighted by Crippen LogP contribution is -2.38. The normalized spacial score (nSPS) is 13.1. The van der Waals surface area contributed by atoms with Crippen LogP contribution in [0.2, 0.25) is 0 Å². The van der Waals surface area contributed by atoms with Crippen molar-refractivity contribution in [3.8, 4) is 0 Å². The van der Waals surface area contributed by atoms with Crippen molar-refractivity contribution in [3.63, 3.8) is 0 Å². The van der Waals surface area contributed by atoms with Crippen LogP contribution in [0.5, 0.6) is 0 Å². The van der Waals surface area contributed by atoms with Crippen LogP contribution in [0.4, 0.5) is 11.4 Å². The lowest BCUT2D eigenvalue weighted by Gasteiger charge is -2.21. The second kappa shape index (κ2) is 11.2. The maximum atomic E-state index is 12.6. The molecule has 1 aliphatic carbocycles. The maximum Gasteiger partial charge on any atom is 0.238 e. The van der Waals surface area contributed by atoms with Gasteiger partial charge in [0.2, 0.25) is 11.8 Å². The van der Waals surface area contributed by atoms with Crippen LogP contribution >= 0.6 is 0 Å². The Labute approximate surface area is 201 Å². The Bertz CT molecular complexity index is 1150. The summed E-state index contributed by atoms with van der Waals surface area (Å²) in [6.45, 7) is 6.12. The van der Waals surface area contributed by atoms with Crippen molar-refractivity contribution in [2.45, 2.75) is 39.2 Å². The van der Waals surface area contributed by atoms with E-state index in [9.17, 15) is 9.59 Å². The molecule has 3 aromatic carbocycles. The van der Waals surface area contributed by atoms with Crippen molar-refractivity contribution in [2.24, 2.45) is 0 Å². The first-order valence-corrected chi connectivity index (χ1v) is 12.1. The molecule has 3 N–H and O–H groups in total. The predicted octanol–water partition coefficient (Wildman–Crippen LogP) is 4.48. The van der Waals surface area contributed by atoms with E-state index in [1.165, 1.54) is 10.8 Å². The van der Waals surface area contributed by atoms with E-state index in [4.69, 9.17) is 0 Å². The number of aryl methyl sites for hydroxylation is 2. The van der Waals surface area contributed by atoms with E-state index in [0.29, 0.717) is 38.6 Å². The van der Waals surface area contributed by atoms with Crippen LogP contribution in [-0.2, 0) is 9.59 Å². The zero-order valence-electron chi connectivity index (χ0n) is 20.1. The third-order valence-electron chi connectivity index (χ3n) is 6.26. The molecule has 34 heavy (non-hydrogen) atoms. The number of benzene rings is 3. The number of hydrogen-bond acceptors (Lipinski definition) is 4. The fraction of sp³-hybridized carbons (Fsp3) is 0.357. The van der Waals surface area contributed by atoms with Gasteiger partial charge in [-0.3, -0.25) is 14.5 Å². The molecule has 0 aromatic heterocycles. The highest BCUT2D eigenvalue weighted by atomic mass is 16.2. The molecule has 6 heteroatoms. The van der Waals surface area contributed by atoms with Crippen LogP contribution < -0.4 is 16.0 Å². The number of carbonyl (C=O) groups excluding carboxylic acids is 2. The van der Waals surface area contributed by atoms with Gasteiger partial charge >= 0.3 is 0 Å². The van der Waals surface area contributed by atoms with E-state index in [2.05, 4.69) is 45.1 Å². The number of carbonyl (C=O) groups is 2. The third kappa shape index (κ3) is 6.58. The van der Waals surface area contributed by atoms with Crippen molar-refractivity contribution in [1.82, 2.24) is 10.2 Å². The second-order valence-electron chi connectivity index (χ2n) is 9.12. The SMILES string of the molecule is Cc1ccc(C)c(NC(=O)CN(CCC(=O)NCCNc2cccc3ccccc23)C2CC2)c1. The van der Waals surface area contributed by atoms with Crippen LogP contribution in [0.1, 0.15) is 30.4 Å². The Morgan fingerprint density at radius 2 is 1.71 bits per heavy atom. The first-order chi connectivity index (χ1) is 16.5. The molecule has 1 fully saturated rings. The average Bonchev–Trinajstić information content (AvgIpc) is 3.67. The minimum atomic E-state index is -0.0275. The summed E-state index contributed by atoms with van der Waals surface area (Å²) < 4.78 is 0. The molecule has 0 radical (unpaired) electrons. The fourth-order valence-electron chi connectivity index (χ4n) is 4.19. The highest BCUT2D eigenvalue weighted by Crippen LogP contribution is 2.27. The van der Waals surface area contributed by atoms with E-state index < -0.39 is 0 Å². The predicted molar refractivity (Wildman–Crippen MR) is 139 cm³/mol. The Hall–Kier alpha value is -3.38. The third-order valence-corrected chi connectivity index (χ3v) is 6.26. The number of hydrogen-bond donors (Lipinski definition) is 3. The molecule has 0 bridgehead atoms. The number of nitrogens with zero attached hydrogens (tertiary/aromatic N) is 1. The summed E-state index contributed by atoms with van der Waals surface area (Å²) in [6, 6.07) is 20.9. The smallest absolute Gasteiger partial charge is 0.238 e. The maximum absolute atomic E-state index is 12.6. The van der Waals surface area contributed by atoms with Crippen molar-refractivity contribution in [3.05, 3.63) is 71.8 Å². The van der Waals surface area contributed by atoms with Gasteiger partial charge in [-0.25, -0.2) is 0 Å². The van der Waals surface area contributed by atoms with Gasteiger partial charge in [0, 0.05) is 48.9 Å². The molecule has 0 unspecified atom stereocenters. The average molecular weight is 459 g/mol. The minimum absolute atomic E-state index is 0.0142. The lowest BCUT2D eigenvalue weighted by atomic mass is 10.1. The summed E-state index contributed by atoms with van der Waals surface area (Å²) in [7, 11) is 0. The number of nitrogens with one attached hydrogen (secondary N) is 3. The van der Waals surface area contributed by atoms with E-state index in [0.717, 1.165) is 35.3 Å². The topological polar surface area (TPSA) is 73.5 Å². The quantitative estimate of drug-likeness (QED) is 0.371. The van der Waals surface area contributed by atoms with Crippen LogP contribution in [0.25, 0.3) is 10.8 Å². The van der Waals surface area contributed by atoms with Crippen molar-refractivity contribution in [2.75, 3.05) is 36.8 Å². The monoisotopic (exact) mass is 458 g/mol. The summed E-state index contributed by atoms with van der Waals surface area (Å²) in [4.78, 5) is 27.2. The molecule has 3 aromatic rings. The highest BCUT2D eigenvalue weighted by Gasteiger charge is 2.30. The van der Waals surface area contributed by atoms with Gasteiger partial charge in [-0.1, -0.05) is 48.5 Å². The molecule has 1 aliphatic rings. The molecule has 0 heterocycles. The summed E-state index contributed by atoms with van der Waals surface area (Å²) >= 11 is 0. The van der Waals surface area contributed by atoms with Crippen LogP contribution in [0, 0.1) is 13.8 Å². The first kappa shape index (κ1) is 23.8. The van der Waals surface area contributed by atoms with E-state index in [1.54, 1.807) is 0 Å². The Kier molecular flexibility index (Phi) is 7.80. The van der Waals surface area contributed by atoms with E-state index in [-0.39, 0.29) is 11.8 Å². The largest absolute Gasteiger partial charge is 0.383 e. The summed E-state index contributed by atoms with van der Waals surface area (Å²) in [5, 5.41) is 11.8. The zero-order valence-corrected chi connectivity index (χ0v) is 20.1. The summed E-state index contributed by atoms with van der Waals surface area (Å²) in [6.07, 6.45) is 2.57. The van der Waals surface area contributed by atoms with Gasteiger partial charge in [-0.15, -0.1) is 0 Å². The Morgan fingerprint density at radius 1 is 0.912 bits per heavy atom. The first-order valence-electron chi connectivity index (χ1n) is 12.1. The van der Waals surface area contributed by atoms with Crippen LogP contribution in [0.15, 0.2) is 60.7 Å². The number of rotatable bonds is 11. The molecular weight excluding hydrogens is 424 g/mol. The lowest BCUT2D eigenvalue weighted by molar-refractivity contribution is -0.122. The molecule has 1 saturated carbocycles. The van der Waals surface area contributed by atoms with Crippen molar-refractivity contribution in [1.29, 1.82) is 0 Å². The molecular formula is C28H34N4O2. The molecule has 178 valence electrons. The molecule has 0 aliphatic heterocycles. The highest BCUT2D eigenvalue weighted by molar-refractivity contribution is 5.94. The summed E-state index contributed by atoms with van der Waals surface area (Å²) in [5.41, 5.74) is 4.10. The molecule has 2 amide bonds. The number of anilines is 2. The minimum Gasteiger partial charge on any atom is -0.383 e. The van der Waals surface area contributed by atoms with Gasteiger partial charge < -0.3 is 16.0 Å². The van der Waals surface area contributed by atoms with Crippen LogP contribution in [0.3, 0.4) is 0 Å². The van der Waals surface area contributed by atoms with Gasteiger partial charge in [0.05, 0.1) is 6.54 Å². The van der Waals surface area contributed by atoms with Gasteiger partial charge in [-0.05, 0) is 55.3 Å². The van der Waals surface area contributed by atoms with Crippen molar-refractivity contribution < 1.29 is 9.59 Å². The van der Waals surface area contributed by atoms with Gasteiger partial charge in [-0.2, -0.15) is 0 Å². The number of fused-ring (bicyclic) bond motifs is 1. The van der Waals surface area contributed by atoms with Gasteiger partial charge in [0.1, 0.15) is 0 Å². The molecule has 0 saturated heterocycles. The standard InChI is InChI=1S/C28H34N4O2/c1-20-10-11-21(2)26(18-20)31-28(34)19-32(23-12-13-23)17-14-27(33)30-16-15-29-25-9-5-7-22-6-3-4-8-24(22)25/h3-11,18,23,29H,12-17,19H2,1-2H3,(H,30,33)(H,31,34). The van der Waals surface area contributed by atoms with Crippen LogP contribution in [-0.4, -0.2) is 48.9 Å². The molecule has 6 nitrogen and oxygen atoms in total. The van der Waals surface area contributed by atoms with Gasteiger partial charge in [0.25, 0.3) is 0 Å². The molecule has 0 spiro atoms. The van der Waals surface area contributed by atoms with Crippen molar-refractivity contribution >= 4 is 34.0 Å². The second-order valence-corrected chi connectivity index (χ2v) is 9.12. The van der Waals surface area contributed by atoms with Gasteiger partial charge in [0.15, 0.2) is 0 Å². The Balaban J connectivity index is 1.19. The number of amides is 2. The Morgan fingerprint density at radius 3 is 2.53 bits per heavy atom. The fourth-order valence-corrected chi connectivity index (χ4v) is 4.19. The van der Waals surface area contributed by atoms with E-state index >= 15 is 0 Å². The zero-order chi connectivity index (χ0) is 23.9. The molecule has 4 rings (SSSR count).